The van der Waals surface area contributed by atoms with E-state index < -0.39 is 0 Å². The van der Waals surface area contributed by atoms with Crippen LogP contribution in [-0.2, 0) is 0 Å². The predicted octanol–water partition coefficient (Wildman–Crippen LogP) is 3.13. The molecule has 0 amide bonds. The molecule has 1 aromatic rings. The van der Waals surface area contributed by atoms with E-state index in [1.807, 2.05) is 18.2 Å². The second-order valence-electron chi connectivity index (χ2n) is 2.43. The Balaban J connectivity index is 3.12. The molecule has 0 aromatic heterocycles. The smallest absolute Gasteiger partial charge is 0.0489 e. The van der Waals surface area contributed by atoms with Crippen molar-refractivity contribution in [3.63, 3.8) is 0 Å². The van der Waals surface area contributed by atoms with Crippen LogP contribution in [0.25, 0.3) is 0 Å². The van der Waals surface area contributed by atoms with Crippen molar-refractivity contribution in [2.24, 2.45) is 5.73 Å². The van der Waals surface area contributed by atoms with Crippen molar-refractivity contribution in [1.82, 2.24) is 0 Å². The number of hydrogen-bond acceptors (Lipinski definition) is 1. The fourth-order valence-corrected chi connectivity index (χ4v) is 1.77. The minimum atomic E-state index is -0.129. The molecule has 0 spiro atoms. The van der Waals surface area contributed by atoms with Crippen LogP contribution in [0, 0.1) is 3.57 Å². The molecule has 0 bridgehead atoms. The second-order valence-corrected chi connectivity index (χ2v) is 4.03. The topological polar surface area (TPSA) is 26.0 Å². The Kier molecular flexibility index (Phi) is 3.55. The first-order valence-electron chi connectivity index (χ1n) is 3.48. The van der Waals surface area contributed by atoms with Crippen molar-refractivity contribution in [2.45, 2.75) is 6.04 Å². The number of nitrogens with two attached hydrogens (primary N) is 1. The number of hydrogen-bond donors (Lipinski definition) is 1. The molecule has 1 aromatic carbocycles. The summed E-state index contributed by atoms with van der Waals surface area (Å²) in [7, 11) is 0. The lowest BCUT2D eigenvalue weighted by Gasteiger charge is -2.08. The fourth-order valence-electron chi connectivity index (χ4n) is 0.897. The summed E-state index contributed by atoms with van der Waals surface area (Å²) in [6.45, 7) is 3.64. The molecule has 0 saturated heterocycles. The summed E-state index contributed by atoms with van der Waals surface area (Å²) in [6.07, 6.45) is 1.70. The Morgan fingerprint density at radius 2 is 2.25 bits per heavy atom. The first-order valence-corrected chi connectivity index (χ1v) is 4.94. The van der Waals surface area contributed by atoms with E-state index in [2.05, 4.69) is 29.2 Å². The highest BCUT2D eigenvalue weighted by Crippen LogP contribution is 2.22. The third-order valence-corrected chi connectivity index (χ3v) is 2.79. The van der Waals surface area contributed by atoms with Gasteiger partial charge in [0.1, 0.15) is 0 Å². The summed E-state index contributed by atoms with van der Waals surface area (Å²) < 4.78 is 1.12. The normalized spacial score (nSPS) is 12.6. The van der Waals surface area contributed by atoms with E-state index in [9.17, 15) is 0 Å². The molecule has 0 saturated carbocycles. The molecule has 1 nitrogen and oxygen atoms in total. The van der Waals surface area contributed by atoms with Gasteiger partial charge in [-0.05, 0) is 46.4 Å². The van der Waals surface area contributed by atoms with Gasteiger partial charge in [-0.15, -0.1) is 6.58 Å². The zero-order chi connectivity index (χ0) is 9.14. The maximum atomic E-state index is 5.82. The molecular weight excluding hydrogens is 284 g/mol. The Bertz CT molecular complexity index is 299. The van der Waals surface area contributed by atoms with E-state index >= 15 is 0 Å². The molecule has 3 heteroatoms. The van der Waals surface area contributed by atoms with E-state index in [0.29, 0.717) is 5.02 Å². The van der Waals surface area contributed by atoms with Crippen LogP contribution in [0.2, 0.25) is 5.02 Å². The first kappa shape index (κ1) is 10.0. The lowest BCUT2D eigenvalue weighted by Crippen LogP contribution is -2.08. The highest BCUT2D eigenvalue weighted by molar-refractivity contribution is 14.1. The standard InChI is InChI=1S/C9H9ClIN/c1-2-9(12)7-5-6(10)3-4-8(7)11/h2-5,9H,1,12H2/t9-/m1/s1. The van der Waals surface area contributed by atoms with E-state index in [1.54, 1.807) is 6.08 Å². The van der Waals surface area contributed by atoms with Crippen molar-refractivity contribution in [2.75, 3.05) is 0 Å². The van der Waals surface area contributed by atoms with Gasteiger partial charge in [-0.2, -0.15) is 0 Å². The van der Waals surface area contributed by atoms with Crippen LogP contribution < -0.4 is 5.73 Å². The third-order valence-electron chi connectivity index (χ3n) is 1.57. The minimum absolute atomic E-state index is 0.129. The van der Waals surface area contributed by atoms with Gasteiger partial charge in [-0.1, -0.05) is 17.7 Å². The van der Waals surface area contributed by atoms with E-state index in [4.69, 9.17) is 17.3 Å². The van der Waals surface area contributed by atoms with Crippen molar-refractivity contribution in [3.8, 4) is 0 Å². The first-order chi connectivity index (χ1) is 5.65. The summed E-state index contributed by atoms with van der Waals surface area (Å²) in [6, 6.07) is 5.54. The summed E-state index contributed by atoms with van der Waals surface area (Å²) in [5.74, 6) is 0. The average molecular weight is 294 g/mol. The molecule has 0 aliphatic carbocycles. The maximum Gasteiger partial charge on any atom is 0.0489 e. The monoisotopic (exact) mass is 293 g/mol. The van der Waals surface area contributed by atoms with Gasteiger partial charge in [-0.25, -0.2) is 0 Å². The summed E-state index contributed by atoms with van der Waals surface area (Å²) in [4.78, 5) is 0. The van der Waals surface area contributed by atoms with Gasteiger partial charge in [0.2, 0.25) is 0 Å². The summed E-state index contributed by atoms with van der Waals surface area (Å²) in [5.41, 5.74) is 6.81. The maximum absolute atomic E-state index is 5.82. The average Bonchev–Trinajstić information content (AvgIpc) is 2.08. The molecule has 0 radical (unpaired) electrons. The highest BCUT2D eigenvalue weighted by Gasteiger charge is 2.05. The molecule has 64 valence electrons. The van der Waals surface area contributed by atoms with Gasteiger partial charge >= 0.3 is 0 Å². The number of benzene rings is 1. The molecule has 1 atom stereocenters. The Labute approximate surface area is 90.7 Å². The zero-order valence-corrected chi connectivity index (χ0v) is 9.34. The zero-order valence-electron chi connectivity index (χ0n) is 6.43. The molecule has 12 heavy (non-hydrogen) atoms. The molecular formula is C9H9ClIN. The van der Waals surface area contributed by atoms with E-state index in [0.717, 1.165) is 9.13 Å². The minimum Gasteiger partial charge on any atom is -0.321 e. The molecule has 1 rings (SSSR count). The van der Waals surface area contributed by atoms with E-state index in [1.165, 1.54) is 0 Å². The van der Waals surface area contributed by atoms with Crippen molar-refractivity contribution in [3.05, 3.63) is 45.0 Å². The van der Waals surface area contributed by atoms with Gasteiger partial charge in [0.05, 0.1) is 0 Å². The molecule has 0 aliphatic heterocycles. The number of halogens is 2. The van der Waals surface area contributed by atoms with E-state index in [-0.39, 0.29) is 6.04 Å². The second kappa shape index (κ2) is 4.25. The number of rotatable bonds is 2. The van der Waals surface area contributed by atoms with Crippen LogP contribution in [0.5, 0.6) is 0 Å². The van der Waals surface area contributed by atoms with Gasteiger partial charge < -0.3 is 5.73 Å². The van der Waals surface area contributed by atoms with Gasteiger partial charge in [0.15, 0.2) is 0 Å². The largest absolute Gasteiger partial charge is 0.321 e. The third kappa shape index (κ3) is 2.21. The Morgan fingerprint density at radius 1 is 1.58 bits per heavy atom. The van der Waals surface area contributed by atoms with Crippen molar-refractivity contribution in [1.29, 1.82) is 0 Å². The quantitative estimate of drug-likeness (QED) is 0.658. The predicted molar refractivity (Wildman–Crippen MR) is 61.3 cm³/mol. The van der Waals surface area contributed by atoms with Gasteiger partial charge in [0.25, 0.3) is 0 Å². The van der Waals surface area contributed by atoms with Crippen molar-refractivity contribution < 1.29 is 0 Å². The molecule has 0 fully saturated rings. The van der Waals surface area contributed by atoms with Gasteiger partial charge in [0, 0.05) is 14.6 Å². The Morgan fingerprint density at radius 3 is 2.83 bits per heavy atom. The van der Waals surface area contributed by atoms with Crippen LogP contribution in [0.4, 0.5) is 0 Å². The molecule has 0 unspecified atom stereocenters. The summed E-state index contributed by atoms with van der Waals surface area (Å²) >= 11 is 8.05. The van der Waals surface area contributed by atoms with Gasteiger partial charge in [-0.3, -0.25) is 0 Å². The fraction of sp³-hybridized carbons (Fsp3) is 0.111. The van der Waals surface area contributed by atoms with Crippen molar-refractivity contribution >= 4 is 34.2 Å². The SMILES string of the molecule is C=C[C@@H](N)c1cc(Cl)ccc1I. The van der Waals surface area contributed by atoms with Crippen LogP contribution >= 0.6 is 34.2 Å². The molecule has 0 heterocycles. The Hall–Kier alpha value is -0.0600. The lowest BCUT2D eigenvalue weighted by molar-refractivity contribution is 0.907. The van der Waals surface area contributed by atoms with Crippen LogP contribution in [0.1, 0.15) is 11.6 Å². The molecule has 0 aliphatic rings. The summed E-state index contributed by atoms with van der Waals surface area (Å²) in [5, 5.41) is 0.711. The van der Waals surface area contributed by atoms with Crippen LogP contribution in [0.3, 0.4) is 0 Å². The highest BCUT2D eigenvalue weighted by atomic mass is 127. The van der Waals surface area contributed by atoms with Crippen LogP contribution in [-0.4, -0.2) is 0 Å². The van der Waals surface area contributed by atoms with Crippen LogP contribution in [0.15, 0.2) is 30.9 Å². The lowest BCUT2D eigenvalue weighted by atomic mass is 10.1. The molecule has 2 N–H and O–H groups in total.